The van der Waals surface area contributed by atoms with Crippen molar-refractivity contribution in [1.82, 2.24) is 0 Å². The van der Waals surface area contributed by atoms with Crippen LogP contribution in [-0.2, 0) is 9.53 Å². The number of carbonyl (C=O) groups is 2. The Morgan fingerprint density at radius 3 is 2.40 bits per heavy atom. The summed E-state index contributed by atoms with van der Waals surface area (Å²) in [6.07, 6.45) is 0.000272. The van der Waals surface area contributed by atoms with E-state index >= 15 is 0 Å². The van der Waals surface area contributed by atoms with Crippen molar-refractivity contribution in [3.05, 3.63) is 29.8 Å². The maximum Gasteiger partial charge on any atom is 0.230 e. The molecule has 0 aliphatic carbocycles. The lowest BCUT2D eigenvalue weighted by Gasteiger charge is -2.18. The predicted octanol–water partition coefficient (Wildman–Crippen LogP) is 2.89. The van der Waals surface area contributed by atoms with E-state index in [4.69, 9.17) is 4.74 Å². The van der Waals surface area contributed by atoms with Crippen LogP contribution in [0.3, 0.4) is 0 Å². The largest absolute Gasteiger partial charge is 0.374 e. The standard InChI is InChI=1S/C16H21NO3/c1-9-11(3)20-12(4)15(9)16(19)17-14-7-5-6-13(8-14)10(2)18/h5-9,11-12,15H,1-4H3,(H,17,19). The van der Waals surface area contributed by atoms with Gasteiger partial charge in [0.1, 0.15) is 0 Å². The van der Waals surface area contributed by atoms with Crippen molar-refractivity contribution in [2.45, 2.75) is 39.9 Å². The highest BCUT2D eigenvalue weighted by atomic mass is 16.5. The summed E-state index contributed by atoms with van der Waals surface area (Å²) in [5.41, 5.74) is 1.25. The normalized spacial score (nSPS) is 29.2. The van der Waals surface area contributed by atoms with Gasteiger partial charge in [0.05, 0.1) is 18.1 Å². The Hall–Kier alpha value is -1.68. The van der Waals surface area contributed by atoms with E-state index in [1.165, 1.54) is 6.92 Å². The average Bonchev–Trinajstić information content (AvgIpc) is 2.63. The van der Waals surface area contributed by atoms with Crippen molar-refractivity contribution >= 4 is 17.4 Å². The lowest BCUT2D eigenvalue weighted by atomic mass is 9.89. The molecule has 0 radical (unpaired) electrons. The first-order valence-corrected chi connectivity index (χ1v) is 6.97. The van der Waals surface area contributed by atoms with E-state index in [1.54, 1.807) is 24.3 Å². The highest BCUT2D eigenvalue weighted by Gasteiger charge is 2.41. The summed E-state index contributed by atoms with van der Waals surface area (Å²) in [5.74, 6) is -0.0392. The summed E-state index contributed by atoms with van der Waals surface area (Å²) in [7, 11) is 0. The Labute approximate surface area is 119 Å². The Bertz CT molecular complexity index is 526. The van der Waals surface area contributed by atoms with Crippen LogP contribution in [0.15, 0.2) is 24.3 Å². The van der Waals surface area contributed by atoms with Crippen LogP contribution in [0.5, 0.6) is 0 Å². The molecule has 0 saturated carbocycles. The van der Waals surface area contributed by atoms with E-state index in [-0.39, 0.29) is 35.7 Å². The molecule has 0 bridgehead atoms. The third kappa shape index (κ3) is 2.90. The summed E-state index contributed by atoms with van der Waals surface area (Å²) in [5, 5.41) is 2.89. The number of Topliss-reactive ketones (excluding diaryl/α,β-unsaturated/α-hetero) is 1. The number of carbonyl (C=O) groups excluding carboxylic acids is 2. The number of rotatable bonds is 3. The number of benzene rings is 1. The smallest absolute Gasteiger partial charge is 0.230 e. The molecule has 1 aliphatic heterocycles. The van der Waals surface area contributed by atoms with Gasteiger partial charge in [-0.3, -0.25) is 9.59 Å². The second kappa shape index (κ2) is 5.75. The van der Waals surface area contributed by atoms with Gasteiger partial charge in [-0.05, 0) is 38.8 Å². The average molecular weight is 275 g/mol. The SMILES string of the molecule is CC(=O)c1cccc(NC(=O)C2C(C)OC(C)C2C)c1. The van der Waals surface area contributed by atoms with Crippen molar-refractivity contribution in [2.75, 3.05) is 5.32 Å². The summed E-state index contributed by atoms with van der Waals surface area (Å²) < 4.78 is 5.69. The Kier molecular flexibility index (Phi) is 4.23. The topological polar surface area (TPSA) is 55.4 Å². The third-order valence-electron chi connectivity index (χ3n) is 4.08. The van der Waals surface area contributed by atoms with Crippen LogP contribution in [0.25, 0.3) is 0 Å². The van der Waals surface area contributed by atoms with Crippen LogP contribution in [-0.4, -0.2) is 23.9 Å². The summed E-state index contributed by atoms with van der Waals surface area (Å²) >= 11 is 0. The molecule has 1 saturated heterocycles. The molecule has 1 amide bonds. The quantitative estimate of drug-likeness (QED) is 0.863. The molecule has 4 atom stereocenters. The Morgan fingerprint density at radius 1 is 1.15 bits per heavy atom. The Balaban J connectivity index is 2.12. The molecular formula is C16H21NO3. The number of ketones is 1. The first-order chi connectivity index (χ1) is 9.40. The molecule has 0 spiro atoms. The number of hydrogen-bond acceptors (Lipinski definition) is 3. The van der Waals surface area contributed by atoms with E-state index < -0.39 is 0 Å². The first kappa shape index (κ1) is 14.7. The van der Waals surface area contributed by atoms with Crippen LogP contribution in [0.1, 0.15) is 38.1 Å². The summed E-state index contributed by atoms with van der Waals surface area (Å²) in [4.78, 5) is 23.7. The summed E-state index contributed by atoms with van der Waals surface area (Å²) in [6, 6.07) is 7.00. The van der Waals surface area contributed by atoms with Crippen LogP contribution in [0.4, 0.5) is 5.69 Å². The minimum Gasteiger partial charge on any atom is -0.374 e. The highest BCUT2D eigenvalue weighted by Crippen LogP contribution is 2.33. The zero-order chi connectivity index (χ0) is 14.9. The fourth-order valence-corrected chi connectivity index (χ4v) is 2.76. The van der Waals surface area contributed by atoms with Crippen LogP contribution >= 0.6 is 0 Å². The molecule has 1 aromatic rings. The molecule has 108 valence electrons. The molecule has 1 aromatic carbocycles. The van der Waals surface area contributed by atoms with Crippen molar-refractivity contribution < 1.29 is 14.3 Å². The molecule has 1 fully saturated rings. The number of amides is 1. The molecule has 4 nitrogen and oxygen atoms in total. The minimum absolute atomic E-state index is 0.0133. The van der Waals surface area contributed by atoms with Crippen LogP contribution < -0.4 is 5.32 Å². The lowest BCUT2D eigenvalue weighted by molar-refractivity contribution is -0.121. The van der Waals surface area contributed by atoms with Crippen LogP contribution in [0, 0.1) is 11.8 Å². The monoisotopic (exact) mass is 275 g/mol. The van der Waals surface area contributed by atoms with E-state index in [0.29, 0.717) is 11.3 Å². The number of hydrogen-bond donors (Lipinski definition) is 1. The van der Waals surface area contributed by atoms with Crippen molar-refractivity contribution in [1.29, 1.82) is 0 Å². The molecule has 1 heterocycles. The van der Waals surface area contributed by atoms with Crippen LogP contribution in [0.2, 0.25) is 0 Å². The first-order valence-electron chi connectivity index (χ1n) is 6.97. The number of nitrogens with one attached hydrogen (secondary N) is 1. The highest BCUT2D eigenvalue weighted by molar-refractivity contribution is 5.97. The lowest BCUT2D eigenvalue weighted by Crippen LogP contribution is -2.32. The maximum atomic E-state index is 12.4. The molecule has 20 heavy (non-hydrogen) atoms. The Morgan fingerprint density at radius 2 is 1.85 bits per heavy atom. The fourth-order valence-electron chi connectivity index (χ4n) is 2.76. The predicted molar refractivity (Wildman–Crippen MR) is 77.7 cm³/mol. The van der Waals surface area contributed by atoms with Gasteiger partial charge in [0.15, 0.2) is 5.78 Å². The van der Waals surface area contributed by atoms with Gasteiger partial charge in [-0.25, -0.2) is 0 Å². The van der Waals surface area contributed by atoms with Gasteiger partial charge < -0.3 is 10.1 Å². The van der Waals surface area contributed by atoms with Gasteiger partial charge >= 0.3 is 0 Å². The molecule has 1 N–H and O–H groups in total. The van der Waals surface area contributed by atoms with Gasteiger partial charge in [-0.15, -0.1) is 0 Å². The molecule has 1 aliphatic rings. The van der Waals surface area contributed by atoms with E-state index in [0.717, 1.165) is 0 Å². The van der Waals surface area contributed by atoms with Gasteiger partial charge in [0.25, 0.3) is 0 Å². The zero-order valence-corrected chi connectivity index (χ0v) is 12.3. The maximum absolute atomic E-state index is 12.4. The molecule has 4 unspecified atom stereocenters. The zero-order valence-electron chi connectivity index (χ0n) is 12.3. The van der Waals surface area contributed by atoms with E-state index in [1.807, 2.05) is 20.8 Å². The van der Waals surface area contributed by atoms with Gasteiger partial charge in [0.2, 0.25) is 5.91 Å². The molecule has 0 aromatic heterocycles. The van der Waals surface area contributed by atoms with Crippen molar-refractivity contribution in [2.24, 2.45) is 11.8 Å². The molecule has 2 rings (SSSR count). The second-order valence-electron chi connectivity index (χ2n) is 5.56. The second-order valence-corrected chi connectivity index (χ2v) is 5.56. The van der Waals surface area contributed by atoms with Gasteiger partial charge in [0, 0.05) is 11.3 Å². The van der Waals surface area contributed by atoms with E-state index in [2.05, 4.69) is 5.32 Å². The molecule has 4 heteroatoms. The number of anilines is 1. The third-order valence-corrected chi connectivity index (χ3v) is 4.08. The van der Waals surface area contributed by atoms with E-state index in [9.17, 15) is 9.59 Å². The van der Waals surface area contributed by atoms with Gasteiger partial charge in [-0.1, -0.05) is 19.1 Å². The number of ether oxygens (including phenoxy) is 1. The molecular weight excluding hydrogens is 254 g/mol. The van der Waals surface area contributed by atoms with Crippen molar-refractivity contribution in [3.8, 4) is 0 Å². The van der Waals surface area contributed by atoms with Crippen molar-refractivity contribution in [3.63, 3.8) is 0 Å². The minimum atomic E-state index is -0.161. The summed E-state index contributed by atoms with van der Waals surface area (Å²) in [6.45, 7) is 7.46. The van der Waals surface area contributed by atoms with Gasteiger partial charge in [-0.2, -0.15) is 0 Å². The fraction of sp³-hybridized carbons (Fsp3) is 0.500.